The minimum absolute atomic E-state index is 0.0487. The average Bonchev–Trinajstić information content (AvgIpc) is 2.93. The molecule has 0 unspecified atom stereocenters. The lowest BCUT2D eigenvalue weighted by molar-refractivity contribution is -0.150. The summed E-state index contributed by atoms with van der Waals surface area (Å²) in [5.74, 6) is -1.49. The Hall–Kier alpha value is -2.52. The highest BCUT2D eigenvalue weighted by atomic mass is 16.6. The van der Waals surface area contributed by atoms with Gasteiger partial charge in [-0.3, -0.25) is 4.90 Å². The van der Waals surface area contributed by atoms with E-state index in [-0.39, 0.29) is 26.2 Å². The Morgan fingerprint density at radius 3 is 1.93 bits per heavy atom. The van der Waals surface area contributed by atoms with Crippen molar-refractivity contribution in [3.05, 3.63) is 0 Å². The van der Waals surface area contributed by atoms with Crippen molar-refractivity contribution >= 4 is 24.1 Å². The van der Waals surface area contributed by atoms with E-state index in [1.165, 1.54) is 0 Å². The monoisotopic (exact) mass is 430 g/mol. The molecular formula is C20H34N2O8. The molecule has 1 aliphatic heterocycles. The number of amides is 2. The van der Waals surface area contributed by atoms with Crippen molar-refractivity contribution in [3.8, 4) is 0 Å². The summed E-state index contributed by atoms with van der Waals surface area (Å²) < 4.78 is 20.9. The Bertz CT molecular complexity index is 665. The molecule has 1 aliphatic rings. The first-order valence-corrected chi connectivity index (χ1v) is 9.98. The van der Waals surface area contributed by atoms with E-state index in [4.69, 9.17) is 18.9 Å². The van der Waals surface area contributed by atoms with Crippen LogP contribution in [0.3, 0.4) is 0 Å². The van der Waals surface area contributed by atoms with Gasteiger partial charge in [-0.05, 0) is 55.4 Å². The maximum absolute atomic E-state index is 12.8. The van der Waals surface area contributed by atoms with Gasteiger partial charge >= 0.3 is 24.1 Å². The maximum atomic E-state index is 12.8. The van der Waals surface area contributed by atoms with Crippen LogP contribution in [0, 0.1) is 0 Å². The number of carbonyl (C=O) groups is 4. The molecule has 0 aromatic heterocycles. The molecule has 10 heteroatoms. The summed E-state index contributed by atoms with van der Waals surface area (Å²) in [7, 11) is 0. The van der Waals surface area contributed by atoms with Gasteiger partial charge < -0.3 is 24.3 Å². The van der Waals surface area contributed by atoms with Crippen LogP contribution in [0.1, 0.15) is 61.8 Å². The van der Waals surface area contributed by atoms with Gasteiger partial charge in [0.2, 0.25) is 0 Å². The lowest BCUT2D eigenvalue weighted by Crippen LogP contribution is -2.58. The van der Waals surface area contributed by atoms with Crippen molar-refractivity contribution in [2.45, 2.75) is 84.6 Å². The van der Waals surface area contributed by atoms with Crippen LogP contribution in [0.25, 0.3) is 0 Å². The van der Waals surface area contributed by atoms with E-state index < -0.39 is 46.9 Å². The summed E-state index contributed by atoms with van der Waals surface area (Å²) in [6.07, 6.45) is -1.91. The van der Waals surface area contributed by atoms with E-state index >= 15 is 0 Å². The standard InChI is InChI=1S/C20H34N2O8/c1-9-27-14(23)13-11-20(15(24)28-10-2,21-16(25)29-18(3,4)5)12-22(13)17(26)30-19(6,7)8/h13H,9-12H2,1-8H3,(H,21,25)/t13-,20+/m0/s1. The quantitative estimate of drug-likeness (QED) is 0.521. The Balaban J connectivity index is 3.29. The van der Waals surface area contributed by atoms with E-state index in [2.05, 4.69) is 5.32 Å². The molecule has 172 valence electrons. The molecule has 0 aliphatic carbocycles. The number of nitrogens with one attached hydrogen (secondary N) is 1. The van der Waals surface area contributed by atoms with E-state index in [0.717, 1.165) is 4.90 Å². The molecule has 1 heterocycles. The van der Waals surface area contributed by atoms with E-state index in [9.17, 15) is 19.2 Å². The summed E-state index contributed by atoms with van der Waals surface area (Å²) in [4.78, 5) is 51.7. The summed E-state index contributed by atoms with van der Waals surface area (Å²) in [5, 5.41) is 2.52. The first kappa shape index (κ1) is 25.5. The summed E-state index contributed by atoms with van der Waals surface area (Å²) in [5.41, 5.74) is -3.33. The summed E-state index contributed by atoms with van der Waals surface area (Å²) in [6.45, 7) is 13.1. The SMILES string of the molecule is CCOC(=O)[C@@H]1C[C@](NC(=O)OC(C)(C)C)(C(=O)OCC)CN1C(=O)OC(C)(C)C. The molecular weight excluding hydrogens is 396 g/mol. The third kappa shape index (κ3) is 7.07. The van der Waals surface area contributed by atoms with Gasteiger partial charge in [0.25, 0.3) is 0 Å². The van der Waals surface area contributed by atoms with Gasteiger partial charge in [-0.25, -0.2) is 19.2 Å². The molecule has 0 aromatic carbocycles. The van der Waals surface area contributed by atoms with Gasteiger partial charge in [-0.2, -0.15) is 0 Å². The van der Waals surface area contributed by atoms with Crippen LogP contribution >= 0.6 is 0 Å². The Labute approximate surface area is 177 Å². The molecule has 1 fully saturated rings. The summed E-state index contributed by atoms with van der Waals surface area (Å²) >= 11 is 0. The van der Waals surface area contributed by atoms with Crippen LogP contribution in [-0.2, 0) is 28.5 Å². The third-order valence-corrected chi connectivity index (χ3v) is 3.95. The fourth-order valence-electron chi connectivity index (χ4n) is 2.92. The fraction of sp³-hybridized carbons (Fsp3) is 0.800. The molecule has 0 bridgehead atoms. The second-order valence-corrected chi connectivity index (χ2v) is 9.01. The molecule has 0 saturated carbocycles. The minimum Gasteiger partial charge on any atom is -0.464 e. The van der Waals surface area contributed by atoms with Crippen LogP contribution in [0.4, 0.5) is 9.59 Å². The fourth-order valence-corrected chi connectivity index (χ4v) is 2.92. The Morgan fingerprint density at radius 1 is 0.933 bits per heavy atom. The van der Waals surface area contributed by atoms with Crippen LogP contribution in [-0.4, -0.2) is 71.6 Å². The predicted molar refractivity (Wildman–Crippen MR) is 107 cm³/mol. The number of hydrogen-bond acceptors (Lipinski definition) is 8. The molecule has 1 saturated heterocycles. The van der Waals surface area contributed by atoms with E-state index in [0.29, 0.717) is 0 Å². The van der Waals surface area contributed by atoms with Crippen molar-refractivity contribution < 1.29 is 38.1 Å². The van der Waals surface area contributed by atoms with Crippen molar-refractivity contribution in [2.24, 2.45) is 0 Å². The first-order chi connectivity index (χ1) is 13.6. The molecule has 0 radical (unpaired) electrons. The van der Waals surface area contributed by atoms with Gasteiger partial charge in [-0.1, -0.05) is 0 Å². The molecule has 0 aromatic rings. The van der Waals surface area contributed by atoms with E-state index in [1.807, 2.05) is 0 Å². The van der Waals surface area contributed by atoms with Gasteiger partial charge in [0, 0.05) is 6.42 Å². The van der Waals surface area contributed by atoms with Crippen LogP contribution < -0.4 is 5.32 Å². The number of likely N-dealkylation sites (tertiary alicyclic amines) is 1. The third-order valence-electron chi connectivity index (χ3n) is 3.95. The smallest absolute Gasteiger partial charge is 0.411 e. The van der Waals surface area contributed by atoms with Gasteiger partial charge in [0.05, 0.1) is 19.8 Å². The Morgan fingerprint density at radius 2 is 1.47 bits per heavy atom. The van der Waals surface area contributed by atoms with Gasteiger partial charge in [-0.15, -0.1) is 0 Å². The minimum atomic E-state index is -1.69. The molecule has 10 nitrogen and oxygen atoms in total. The number of esters is 2. The maximum Gasteiger partial charge on any atom is 0.411 e. The zero-order valence-electron chi connectivity index (χ0n) is 19.1. The average molecular weight is 430 g/mol. The molecule has 30 heavy (non-hydrogen) atoms. The molecule has 0 spiro atoms. The number of rotatable bonds is 5. The number of hydrogen-bond donors (Lipinski definition) is 1. The molecule has 2 amide bonds. The normalized spacial score (nSPS) is 21.6. The zero-order chi connectivity index (χ0) is 23.3. The lowest BCUT2D eigenvalue weighted by Gasteiger charge is -2.30. The number of alkyl carbamates (subject to hydrolysis) is 1. The summed E-state index contributed by atoms with van der Waals surface area (Å²) in [6, 6.07) is -1.14. The zero-order valence-corrected chi connectivity index (χ0v) is 19.1. The van der Waals surface area contributed by atoms with Crippen molar-refractivity contribution in [2.75, 3.05) is 19.8 Å². The highest BCUT2D eigenvalue weighted by Gasteiger charge is 2.57. The molecule has 1 N–H and O–H groups in total. The predicted octanol–water partition coefficient (Wildman–Crippen LogP) is 2.39. The number of ether oxygens (including phenoxy) is 4. The van der Waals surface area contributed by atoms with Gasteiger partial charge in [0.15, 0.2) is 5.54 Å². The molecule has 1 rings (SSSR count). The van der Waals surface area contributed by atoms with Gasteiger partial charge in [0.1, 0.15) is 17.2 Å². The second-order valence-electron chi connectivity index (χ2n) is 9.01. The Kier molecular flexibility index (Phi) is 8.10. The van der Waals surface area contributed by atoms with Crippen molar-refractivity contribution in [1.82, 2.24) is 10.2 Å². The van der Waals surface area contributed by atoms with Crippen molar-refractivity contribution in [3.63, 3.8) is 0 Å². The van der Waals surface area contributed by atoms with Crippen LogP contribution in [0.2, 0.25) is 0 Å². The lowest BCUT2D eigenvalue weighted by atomic mass is 9.96. The first-order valence-electron chi connectivity index (χ1n) is 9.98. The molecule has 2 atom stereocenters. The van der Waals surface area contributed by atoms with Crippen LogP contribution in [0.5, 0.6) is 0 Å². The highest BCUT2D eigenvalue weighted by molar-refractivity contribution is 5.91. The van der Waals surface area contributed by atoms with Crippen LogP contribution in [0.15, 0.2) is 0 Å². The highest BCUT2D eigenvalue weighted by Crippen LogP contribution is 2.31. The topological polar surface area (TPSA) is 120 Å². The largest absolute Gasteiger partial charge is 0.464 e. The number of carbonyl (C=O) groups excluding carboxylic acids is 4. The second kappa shape index (κ2) is 9.53. The van der Waals surface area contributed by atoms with Crippen molar-refractivity contribution in [1.29, 1.82) is 0 Å². The number of nitrogens with zero attached hydrogens (tertiary/aromatic N) is 1. The van der Waals surface area contributed by atoms with E-state index in [1.54, 1.807) is 55.4 Å².